The molecule has 20 heavy (non-hydrogen) atoms. The van der Waals surface area contributed by atoms with Crippen LogP contribution in [0.2, 0.25) is 0 Å². The van der Waals surface area contributed by atoms with Crippen molar-refractivity contribution in [1.82, 2.24) is 4.98 Å². The average molecular weight is 271 g/mol. The van der Waals surface area contributed by atoms with Crippen LogP contribution in [0.1, 0.15) is 33.4 Å². The van der Waals surface area contributed by atoms with Crippen LogP contribution in [0.4, 0.5) is 11.4 Å². The molecule has 2 rings (SSSR count). The Balaban J connectivity index is 2.63. The molecule has 1 aromatic heterocycles. The molecule has 0 radical (unpaired) electrons. The highest BCUT2D eigenvalue weighted by Gasteiger charge is 2.16. The molecule has 0 bridgehead atoms. The van der Waals surface area contributed by atoms with Crippen molar-refractivity contribution in [2.45, 2.75) is 40.7 Å². The summed E-state index contributed by atoms with van der Waals surface area (Å²) in [6, 6.07) is 8.58. The van der Waals surface area contributed by atoms with E-state index in [4.69, 9.17) is 5.73 Å². The van der Waals surface area contributed by atoms with E-state index >= 15 is 0 Å². The van der Waals surface area contributed by atoms with E-state index in [1.54, 1.807) is 0 Å². The minimum atomic E-state index is 0.448. The summed E-state index contributed by atoms with van der Waals surface area (Å²) in [6.07, 6.45) is 0. The molecule has 2 aromatic rings. The fraction of sp³-hybridized carbons (Fsp3) is 0.471. The van der Waals surface area contributed by atoms with Gasteiger partial charge >= 0.3 is 0 Å². The lowest BCUT2D eigenvalue weighted by Gasteiger charge is -2.32. The first-order valence-corrected chi connectivity index (χ1v) is 7.32. The van der Waals surface area contributed by atoms with Crippen molar-refractivity contribution in [1.29, 1.82) is 0 Å². The highest BCUT2D eigenvalue weighted by molar-refractivity contribution is 5.94. The molecule has 0 saturated carbocycles. The van der Waals surface area contributed by atoms with E-state index in [1.165, 1.54) is 5.69 Å². The average Bonchev–Trinajstić information content (AvgIpc) is 2.35. The van der Waals surface area contributed by atoms with Gasteiger partial charge in [-0.1, -0.05) is 13.8 Å². The van der Waals surface area contributed by atoms with E-state index in [9.17, 15) is 0 Å². The van der Waals surface area contributed by atoms with Gasteiger partial charge in [-0.2, -0.15) is 0 Å². The zero-order chi connectivity index (χ0) is 14.9. The summed E-state index contributed by atoms with van der Waals surface area (Å²) < 4.78 is 0. The zero-order valence-corrected chi connectivity index (χ0v) is 13.1. The van der Waals surface area contributed by atoms with E-state index in [0.717, 1.165) is 28.8 Å². The molecule has 1 aromatic carbocycles. The Morgan fingerprint density at radius 3 is 2.45 bits per heavy atom. The molecule has 0 aliphatic rings. The van der Waals surface area contributed by atoms with Crippen LogP contribution in [0.5, 0.6) is 0 Å². The topological polar surface area (TPSA) is 42.1 Å². The number of hydrogen-bond acceptors (Lipinski definition) is 3. The molecular formula is C17H25N3. The number of rotatable bonds is 4. The molecule has 0 aliphatic heterocycles. The fourth-order valence-corrected chi connectivity index (χ4v) is 2.57. The summed E-state index contributed by atoms with van der Waals surface area (Å²) in [5, 5.41) is 1.14. The number of nitrogens with zero attached hydrogens (tertiary/aromatic N) is 2. The van der Waals surface area contributed by atoms with Gasteiger partial charge in [0.25, 0.3) is 0 Å². The number of fused-ring (bicyclic) bond motifs is 1. The summed E-state index contributed by atoms with van der Waals surface area (Å²) in [5.74, 6) is 0.613. The van der Waals surface area contributed by atoms with Gasteiger partial charge in [-0.25, -0.2) is 0 Å². The van der Waals surface area contributed by atoms with E-state index in [1.807, 2.05) is 25.1 Å². The van der Waals surface area contributed by atoms with Crippen molar-refractivity contribution in [2.24, 2.45) is 5.92 Å². The number of aromatic nitrogens is 1. The number of nitrogen functional groups attached to an aromatic ring is 1. The number of aryl methyl sites for hydroxylation is 1. The first-order chi connectivity index (χ1) is 9.38. The molecule has 0 atom stereocenters. The summed E-state index contributed by atoms with van der Waals surface area (Å²) >= 11 is 0. The second-order valence-electron chi connectivity index (χ2n) is 6.20. The SMILES string of the molecule is Cc1cc(N(CC(C)C)C(C)C)c2cc(N)ccc2n1. The molecule has 0 aliphatic carbocycles. The molecule has 1 heterocycles. The summed E-state index contributed by atoms with van der Waals surface area (Å²) in [4.78, 5) is 7.06. The number of pyridine rings is 1. The Labute approximate surface area is 121 Å². The highest BCUT2D eigenvalue weighted by Crippen LogP contribution is 2.30. The molecule has 3 heteroatoms. The lowest BCUT2D eigenvalue weighted by molar-refractivity contribution is 0.572. The first kappa shape index (κ1) is 14.6. The minimum absolute atomic E-state index is 0.448. The van der Waals surface area contributed by atoms with Crippen LogP contribution in [-0.4, -0.2) is 17.6 Å². The monoisotopic (exact) mass is 271 g/mol. The van der Waals surface area contributed by atoms with Crippen LogP contribution < -0.4 is 10.6 Å². The summed E-state index contributed by atoms with van der Waals surface area (Å²) in [7, 11) is 0. The smallest absolute Gasteiger partial charge is 0.0727 e. The van der Waals surface area contributed by atoms with Crippen LogP contribution in [-0.2, 0) is 0 Å². The maximum Gasteiger partial charge on any atom is 0.0727 e. The van der Waals surface area contributed by atoms with Crippen molar-refractivity contribution >= 4 is 22.3 Å². The van der Waals surface area contributed by atoms with Crippen LogP contribution >= 0.6 is 0 Å². The Bertz CT molecular complexity index is 602. The third kappa shape index (κ3) is 3.03. The Morgan fingerprint density at radius 2 is 1.85 bits per heavy atom. The highest BCUT2D eigenvalue weighted by atomic mass is 15.2. The van der Waals surface area contributed by atoms with Crippen molar-refractivity contribution in [3.63, 3.8) is 0 Å². The van der Waals surface area contributed by atoms with Crippen molar-refractivity contribution in [3.05, 3.63) is 30.0 Å². The van der Waals surface area contributed by atoms with Crippen molar-refractivity contribution in [3.8, 4) is 0 Å². The molecule has 0 amide bonds. The lowest BCUT2D eigenvalue weighted by atomic mass is 10.1. The maximum absolute atomic E-state index is 5.96. The van der Waals surface area contributed by atoms with Crippen molar-refractivity contribution < 1.29 is 0 Å². The van der Waals surface area contributed by atoms with Crippen LogP contribution in [0.3, 0.4) is 0 Å². The van der Waals surface area contributed by atoms with E-state index in [0.29, 0.717) is 12.0 Å². The molecule has 3 nitrogen and oxygen atoms in total. The summed E-state index contributed by atoms with van der Waals surface area (Å²) in [5.41, 5.74) is 10.1. The van der Waals surface area contributed by atoms with E-state index in [2.05, 4.69) is 43.6 Å². The van der Waals surface area contributed by atoms with Gasteiger partial charge in [-0.15, -0.1) is 0 Å². The van der Waals surface area contributed by atoms with Crippen molar-refractivity contribution in [2.75, 3.05) is 17.2 Å². The van der Waals surface area contributed by atoms with Crippen LogP contribution in [0.25, 0.3) is 10.9 Å². The summed E-state index contributed by atoms with van der Waals surface area (Å²) in [6.45, 7) is 12.0. The Kier molecular flexibility index (Phi) is 4.17. The van der Waals surface area contributed by atoms with Gasteiger partial charge in [0, 0.05) is 35.0 Å². The Hall–Kier alpha value is -1.77. The van der Waals surface area contributed by atoms with Gasteiger partial charge < -0.3 is 10.6 Å². The maximum atomic E-state index is 5.96. The molecule has 0 fully saturated rings. The molecule has 0 spiro atoms. The van der Waals surface area contributed by atoms with Crippen LogP contribution in [0, 0.1) is 12.8 Å². The largest absolute Gasteiger partial charge is 0.399 e. The quantitative estimate of drug-likeness (QED) is 0.855. The minimum Gasteiger partial charge on any atom is -0.399 e. The number of nitrogens with two attached hydrogens (primary N) is 1. The standard InChI is InChI=1S/C17H25N3/c1-11(2)10-20(12(3)4)17-8-13(5)19-16-7-6-14(18)9-15(16)17/h6-9,11-12H,10,18H2,1-5H3. The third-order valence-electron chi connectivity index (χ3n) is 3.43. The second-order valence-corrected chi connectivity index (χ2v) is 6.20. The van der Waals surface area contributed by atoms with Gasteiger partial charge in [0.15, 0.2) is 0 Å². The molecular weight excluding hydrogens is 246 g/mol. The molecule has 0 saturated heterocycles. The van der Waals surface area contributed by atoms with Gasteiger partial charge in [0.05, 0.1) is 5.52 Å². The number of anilines is 2. The molecule has 2 N–H and O–H groups in total. The van der Waals surface area contributed by atoms with Gasteiger partial charge in [0.2, 0.25) is 0 Å². The normalized spacial score (nSPS) is 11.6. The second kappa shape index (κ2) is 5.70. The fourth-order valence-electron chi connectivity index (χ4n) is 2.57. The number of benzene rings is 1. The van der Waals surface area contributed by atoms with Gasteiger partial charge in [-0.05, 0) is 51.0 Å². The third-order valence-corrected chi connectivity index (χ3v) is 3.43. The number of hydrogen-bond donors (Lipinski definition) is 1. The molecule has 0 unspecified atom stereocenters. The van der Waals surface area contributed by atoms with E-state index in [-0.39, 0.29) is 0 Å². The molecule has 108 valence electrons. The lowest BCUT2D eigenvalue weighted by Crippen LogP contribution is -2.34. The van der Waals surface area contributed by atoms with E-state index < -0.39 is 0 Å². The first-order valence-electron chi connectivity index (χ1n) is 7.32. The Morgan fingerprint density at radius 1 is 1.15 bits per heavy atom. The predicted molar refractivity (Wildman–Crippen MR) is 88.2 cm³/mol. The zero-order valence-electron chi connectivity index (χ0n) is 13.1. The predicted octanol–water partition coefficient (Wildman–Crippen LogP) is 4.00. The van der Waals surface area contributed by atoms with Crippen LogP contribution in [0.15, 0.2) is 24.3 Å². The van der Waals surface area contributed by atoms with Gasteiger partial charge in [-0.3, -0.25) is 4.98 Å². The van der Waals surface area contributed by atoms with Gasteiger partial charge in [0.1, 0.15) is 0 Å².